The van der Waals surface area contributed by atoms with Crippen LogP contribution in [0.2, 0.25) is 0 Å². The second kappa shape index (κ2) is 3.74. The van der Waals surface area contributed by atoms with Gasteiger partial charge in [-0.25, -0.2) is 4.79 Å². The van der Waals surface area contributed by atoms with Crippen molar-refractivity contribution >= 4 is 11.7 Å². The normalized spacial score (nSPS) is 20.4. The van der Waals surface area contributed by atoms with Crippen LogP contribution in [0, 0.1) is 19.3 Å². The van der Waals surface area contributed by atoms with Crippen molar-refractivity contribution in [2.45, 2.75) is 33.1 Å². The van der Waals surface area contributed by atoms with Crippen molar-refractivity contribution in [3.8, 4) is 0 Å². The van der Waals surface area contributed by atoms with Crippen LogP contribution in [0.25, 0.3) is 0 Å². The van der Waals surface area contributed by atoms with Gasteiger partial charge in [-0.15, -0.1) is 0 Å². The van der Waals surface area contributed by atoms with E-state index < -0.39 is 5.97 Å². The van der Waals surface area contributed by atoms with E-state index in [4.69, 9.17) is 0 Å². The second-order valence-corrected chi connectivity index (χ2v) is 5.95. The van der Waals surface area contributed by atoms with E-state index in [0.717, 1.165) is 29.9 Å². The average Bonchev–Trinajstić information content (AvgIpc) is 2.18. The molecule has 1 aromatic rings. The molecule has 1 aliphatic carbocycles. The Kier molecular flexibility index (Phi) is 2.40. The lowest BCUT2D eigenvalue weighted by Crippen LogP contribution is -2.59. The van der Waals surface area contributed by atoms with Crippen molar-refractivity contribution in [3.63, 3.8) is 0 Å². The zero-order valence-corrected chi connectivity index (χ0v) is 11.0. The number of carbonyl (C=O) groups is 1. The Labute approximate surface area is 107 Å². The third-order valence-corrected chi connectivity index (χ3v) is 4.71. The van der Waals surface area contributed by atoms with Crippen molar-refractivity contribution in [1.82, 2.24) is 0 Å². The van der Waals surface area contributed by atoms with Crippen LogP contribution in [0.4, 0.5) is 5.69 Å². The van der Waals surface area contributed by atoms with Gasteiger partial charge in [-0.1, -0.05) is 6.42 Å². The number of anilines is 1. The molecule has 3 rings (SSSR count). The molecule has 2 fully saturated rings. The van der Waals surface area contributed by atoms with E-state index in [9.17, 15) is 9.90 Å². The SMILES string of the molecule is Cc1cc(N2CC3(CCC3)C2)cc(C(=O)O)c1C. The third kappa shape index (κ3) is 1.61. The number of carboxylic acid groups (broad SMARTS) is 1. The first-order valence-electron chi connectivity index (χ1n) is 6.60. The summed E-state index contributed by atoms with van der Waals surface area (Å²) in [7, 11) is 0. The maximum absolute atomic E-state index is 11.2. The molecule has 1 N–H and O–H groups in total. The second-order valence-electron chi connectivity index (χ2n) is 5.95. The molecule has 3 nitrogen and oxygen atoms in total. The minimum Gasteiger partial charge on any atom is -0.478 e. The van der Waals surface area contributed by atoms with Gasteiger partial charge in [0.05, 0.1) is 5.56 Å². The maximum atomic E-state index is 11.2. The molecule has 1 saturated heterocycles. The Bertz CT molecular complexity index is 509. The molecule has 0 bridgehead atoms. The van der Waals surface area contributed by atoms with Gasteiger partial charge in [0, 0.05) is 24.2 Å². The molecular formula is C15H19NO2. The Morgan fingerprint density at radius 2 is 1.94 bits per heavy atom. The number of aryl methyl sites for hydroxylation is 1. The number of hydrogen-bond donors (Lipinski definition) is 1. The Hall–Kier alpha value is -1.51. The quantitative estimate of drug-likeness (QED) is 0.870. The summed E-state index contributed by atoms with van der Waals surface area (Å²) in [6.07, 6.45) is 4.06. The number of carboxylic acids is 1. The fourth-order valence-electron chi connectivity index (χ4n) is 3.18. The first-order chi connectivity index (χ1) is 8.51. The highest BCUT2D eigenvalue weighted by atomic mass is 16.4. The number of aromatic carboxylic acids is 1. The Morgan fingerprint density at radius 1 is 1.28 bits per heavy atom. The smallest absolute Gasteiger partial charge is 0.336 e. The van der Waals surface area contributed by atoms with E-state index in [1.807, 2.05) is 19.9 Å². The van der Waals surface area contributed by atoms with Crippen LogP contribution < -0.4 is 4.90 Å². The van der Waals surface area contributed by atoms with Crippen LogP contribution >= 0.6 is 0 Å². The summed E-state index contributed by atoms with van der Waals surface area (Å²) in [5.41, 5.74) is 4.04. The standard InChI is InChI=1S/C15H19NO2/c1-10-6-12(7-13(11(10)2)14(17)18)16-8-15(9-16)4-3-5-15/h6-7H,3-5,8-9H2,1-2H3,(H,17,18). The van der Waals surface area contributed by atoms with Crippen LogP contribution in [0.5, 0.6) is 0 Å². The molecule has 0 amide bonds. The van der Waals surface area contributed by atoms with E-state index >= 15 is 0 Å². The lowest BCUT2D eigenvalue weighted by molar-refractivity contribution is 0.0695. The minimum atomic E-state index is -0.823. The first-order valence-corrected chi connectivity index (χ1v) is 6.60. The summed E-state index contributed by atoms with van der Waals surface area (Å²) in [4.78, 5) is 13.5. The van der Waals surface area contributed by atoms with Crippen LogP contribution in [0.15, 0.2) is 12.1 Å². The molecule has 0 atom stereocenters. The number of hydrogen-bond acceptors (Lipinski definition) is 2. The van der Waals surface area contributed by atoms with Crippen LogP contribution in [0.1, 0.15) is 40.7 Å². The number of benzene rings is 1. The van der Waals surface area contributed by atoms with E-state index in [1.165, 1.54) is 19.3 Å². The van der Waals surface area contributed by atoms with Crippen molar-refractivity contribution in [2.75, 3.05) is 18.0 Å². The molecule has 2 aliphatic rings. The Balaban J connectivity index is 1.87. The fraction of sp³-hybridized carbons (Fsp3) is 0.533. The van der Waals surface area contributed by atoms with Crippen LogP contribution in [-0.2, 0) is 0 Å². The van der Waals surface area contributed by atoms with Crippen molar-refractivity contribution < 1.29 is 9.90 Å². The molecule has 1 spiro atoms. The lowest BCUT2D eigenvalue weighted by Gasteiger charge is -2.57. The van der Waals surface area contributed by atoms with Gasteiger partial charge in [0.15, 0.2) is 0 Å². The van der Waals surface area contributed by atoms with Gasteiger partial charge in [-0.3, -0.25) is 0 Å². The van der Waals surface area contributed by atoms with Crippen LogP contribution in [-0.4, -0.2) is 24.2 Å². The molecule has 96 valence electrons. The molecule has 1 aliphatic heterocycles. The zero-order chi connectivity index (χ0) is 12.9. The summed E-state index contributed by atoms with van der Waals surface area (Å²) in [5, 5.41) is 9.23. The first kappa shape index (κ1) is 11.6. The highest BCUT2D eigenvalue weighted by molar-refractivity contribution is 5.91. The minimum absolute atomic E-state index is 0.444. The van der Waals surface area contributed by atoms with Crippen molar-refractivity contribution in [1.29, 1.82) is 0 Å². The average molecular weight is 245 g/mol. The van der Waals surface area contributed by atoms with Crippen molar-refractivity contribution in [2.24, 2.45) is 5.41 Å². The van der Waals surface area contributed by atoms with Gasteiger partial charge < -0.3 is 10.0 Å². The van der Waals surface area contributed by atoms with Gasteiger partial charge in [0.1, 0.15) is 0 Å². The fourth-order valence-corrected chi connectivity index (χ4v) is 3.18. The van der Waals surface area contributed by atoms with Gasteiger partial charge in [0.2, 0.25) is 0 Å². The Morgan fingerprint density at radius 3 is 2.44 bits per heavy atom. The van der Waals surface area contributed by atoms with Gasteiger partial charge in [-0.05, 0) is 49.9 Å². The number of nitrogens with zero attached hydrogens (tertiary/aromatic N) is 1. The van der Waals surface area contributed by atoms with Gasteiger partial charge in [0.25, 0.3) is 0 Å². The van der Waals surface area contributed by atoms with E-state index in [2.05, 4.69) is 11.0 Å². The lowest BCUT2D eigenvalue weighted by atomic mass is 9.63. The largest absolute Gasteiger partial charge is 0.478 e. The summed E-state index contributed by atoms with van der Waals surface area (Å²) < 4.78 is 0. The summed E-state index contributed by atoms with van der Waals surface area (Å²) >= 11 is 0. The maximum Gasteiger partial charge on any atom is 0.336 e. The van der Waals surface area contributed by atoms with Gasteiger partial charge in [-0.2, -0.15) is 0 Å². The molecule has 0 radical (unpaired) electrons. The molecule has 1 saturated carbocycles. The molecule has 3 heteroatoms. The molecule has 1 heterocycles. The molecule has 18 heavy (non-hydrogen) atoms. The van der Waals surface area contributed by atoms with E-state index in [1.54, 1.807) is 0 Å². The highest BCUT2D eigenvalue weighted by Gasteiger charge is 2.47. The predicted octanol–water partition coefficient (Wildman–Crippen LogP) is 2.99. The molecule has 0 unspecified atom stereocenters. The summed E-state index contributed by atoms with van der Waals surface area (Å²) in [5.74, 6) is -0.823. The monoisotopic (exact) mass is 245 g/mol. The molecular weight excluding hydrogens is 226 g/mol. The van der Waals surface area contributed by atoms with Crippen LogP contribution in [0.3, 0.4) is 0 Å². The van der Waals surface area contributed by atoms with E-state index in [-0.39, 0.29) is 0 Å². The molecule has 0 aromatic heterocycles. The van der Waals surface area contributed by atoms with Crippen molar-refractivity contribution in [3.05, 3.63) is 28.8 Å². The summed E-state index contributed by atoms with van der Waals surface area (Å²) in [6, 6.07) is 3.95. The zero-order valence-electron chi connectivity index (χ0n) is 11.0. The summed E-state index contributed by atoms with van der Waals surface area (Å²) in [6.45, 7) is 6.08. The topological polar surface area (TPSA) is 40.5 Å². The van der Waals surface area contributed by atoms with E-state index in [0.29, 0.717) is 11.0 Å². The molecule has 1 aromatic carbocycles. The predicted molar refractivity (Wildman–Crippen MR) is 71.4 cm³/mol. The third-order valence-electron chi connectivity index (χ3n) is 4.71. The van der Waals surface area contributed by atoms with Gasteiger partial charge >= 0.3 is 5.97 Å². The number of rotatable bonds is 2. The highest BCUT2D eigenvalue weighted by Crippen LogP contribution is 2.49.